The number of aryl methyl sites for hydroxylation is 1. The molecule has 1 fully saturated rings. The standard InChI is InChI=1S/C26H26O2/c1-15-13-17-9-5-3-7-11-19(17)21(15)23-25(27)24(26(23)28)22-16(2)14-18-10-6-4-8-12-20(18)22/h3,5,7,9,11,13-14,18,20,27H,4,6,8,10,12H2,1-2H3/p-1. The van der Waals surface area contributed by atoms with Crippen molar-refractivity contribution in [3.05, 3.63) is 76.1 Å². The van der Waals surface area contributed by atoms with Crippen LogP contribution in [0.5, 0.6) is 0 Å². The number of fused-ring (bicyclic) bond motifs is 2. The summed E-state index contributed by atoms with van der Waals surface area (Å²) in [6, 6.07) is 12.1. The van der Waals surface area contributed by atoms with Gasteiger partial charge in [0.15, 0.2) is 5.78 Å². The van der Waals surface area contributed by atoms with E-state index in [2.05, 4.69) is 19.1 Å². The molecular weight excluding hydrogens is 344 g/mol. The fourth-order valence-corrected chi connectivity index (χ4v) is 5.61. The highest BCUT2D eigenvalue weighted by Gasteiger charge is 2.40. The Balaban J connectivity index is 1.65. The molecule has 0 aliphatic heterocycles. The molecule has 0 bridgehead atoms. The Labute approximate surface area is 166 Å². The van der Waals surface area contributed by atoms with Crippen molar-refractivity contribution in [2.45, 2.75) is 46.0 Å². The molecule has 0 radical (unpaired) electrons. The van der Waals surface area contributed by atoms with Crippen molar-refractivity contribution in [2.24, 2.45) is 11.8 Å². The van der Waals surface area contributed by atoms with Gasteiger partial charge in [0, 0.05) is 11.1 Å². The fourth-order valence-electron chi connectivity index (χ4n) is 5.61. The first kappa shape index (κ1) is 17.5. The Hall–Kier alpha value is -2.61. The first-order valence-electron chi connectivity index (χ1n) is 10.5. The lowest BCUT2D eigenvalue weighted by Crippen LogP contribution is -2.32. The highest BCUT2D eigenvalue weighted by molar-refractivity contribution is 6.40. The van der Waals surface area contributed by atoms with E-state index in [0.29, 0.717) is 23.0 Å². The van der Waals surface area contributed by atoms with E-state index >= 15 is 0 Å². The van der Waals surface area contributed by atoms with Gasteiger partial charge in [-0.15, -0.1) is 0 Å². The van der Waals surface area contributed by atoms with Gasteiger partial charge in [0.2, 0.25) is 0 Å². The zero-order valence-corrected chi connectivity index (χ0v) is 16.5. The largest absolute Gasteiger partial charge is 0.871 e. The second-order valence-corrected chi connectivity index (χ2v) is 8.56. The molecule has 2 heteroatoms. The molecule has 2 nitrogen and oxygen atoms in total. The fraction of sp³-hybridized carbons (Fsp3) is 0.346. The topological polar surface area (TPSA) is 40.1 Å². The SMILES string of the molecule is CC1=CC2CCCCCC2C1=C1C(=O)C(c2c(C)cc3cccccc2-3)=C1[O-]. The molecule has 0 saturated heterocycles. The maximum atomic E-state index is 13.3. The lowest BCUT2D eigenvalue weighted by Gasteiger charge is -2.35. The molecular formula is C26H25O2-. The summed E-state index contributed by atoms with van der Waals surface area (Å²) in [5, 5.41) is 13.3. The van der Waals surface area contributed by atoms with Gasteiger partial charge in [-0.3, -0.25) is 4.79 Å². The number of carbonyl (C=O) groups excluding carboxylic acids is 1. The predicted molar refractivity (Wildman–Crippen MR) is 111 cm³/mol. The molecule has 0 aromatic carbocycles. The second-order valence-electron chi connectivity index (χ2n) is 8.56. The molecule has 5 aliphatic carbocycles. The van der Waals surface area contributed by atoms with Gasteiger partial charge in [0.05, 0.1) is 0 Å². The van der Waals surface area contributed by atoms with Gasteiger partial charge in [-0.25, -0.2) is 0 Å². The van der Waals surface area contributed by atoms with Gasteiger partial charge in [-0.1, -0.05) is 73.1 Å². The average molecular weight is 369 g/mol. The first-order valence-corrected chi connectivity index (χ1v) is 10.5. The molecule has 0 spiro atoms. The van der Waals surface area contributed by atoms with E-state index in [0.717, 1.165) is 39.8 Å². The lowest BCUT2D eigenvalue weighted by molar-refractivity contribution is -0.297. The maximum Gasteiger partial charge on any atom is 0.192 e. The molecule has 142 valence electrons. The summed E-state index contributed by atoms with van der Waals surface area (Å²) in [5.41, 5.74) is 7.00. The molecule has 0 amide bonds. The van der Waals surface area contributed by atoms with Crippen LogP contribution in [0.4, 0.5) is 0 Å². The predicted octanol–water partition coefficient (Wildman–Crippen LogP) is 5.21. The van der Waals surface area contributed by atoms with Crippen LogP contribution in [-0.4, -0.2) is 5.78 Å². The van der Waals surface area contributed by atoms with E-state index in [4.69, 9.17) is 0 Å². The van der Waals surface area contributed by atoms with Crippen molar-refractivity contribution >= 4 is 11.4 Å². The van der Waals surface area contributed by atoms with Crippen LogP contribution < -0.4 is 5.11 Å². The first-order chi connectivity index (χ1) is 13.6. The highest BCUT2D eigenvalue weighted by Crippen LogP contribution is 2.50. The zero-order valence-electron chi connectivity index (χ0n) is 16.5. The molecule has 1 saturated carbocycles. The average Bonchev–Trinajstić information content (AvgIpc) is 2.93. The molecule has 0 N–H and O–H groups in total. The Morgan fingerprint density at radius 2 is 1.75 bits per heavy atom. The summed E-state index contributed by atoms with van der Waals surface area (Å²) in [6.45, 7) is 4.08. The van der Waals surface area contributed by atoms with Gasteiger partial charge in [0.25, 0.3) is 0 Å². The van der Waals surface area contributed by atoms with Crippen LogP contribution in [0.15, 0.2) is 65.0 Å². The molecule has 0 aromatic rings. The minimum atomic E-state index is -0.0419. The molecule has 0 aromatic heterocycles. The van der Waals surface area contributed by atoms with Crippen LogP contribution in [0, 0.1) is 18.8 Å². The zero-order chi connectivity index (χ0) is 19.4. The molecule has 0 heterocycles. The van der Waals surface area contributed by atoms with E-state index in [9.17, 15) is 9.90 Å². The number of hydrogen-bond acceptors (Lipinski definition) is 2. The number of rotatable bonds is 1. The van der Waals surface area contributed by atoms with Crippen molar-refractivity contribution in [3.63, 3.8) is 0 Å². The molecule has 5 rings (SSSR count). The van der Waals surface area contributed by atoms with Gasteiger partial charge < -0.3 is 5.11 Å². The number of carbonyl (C=O) groups is 1. The monoisotopic (exact) mass is 369 g/mol. The smallest absolute Gasteiger partial charge is 0.192 e. The van der Waals surface area contributed by atoms with Crippen molar-refractivity contribution in [2.75, 3.05) is 0 Å². The third kappa shape index (κ3) is 2.44. The Bertz CT molecular complexity index is 1050. The Morgan fingerprint density at radius 3 is 2.57 bits per heavy atom. The van der Waals surface area contributed by atoms with E-state index in [-0.39, 0.29) is 11.5 Å². The summed E-state index contributed by atoms with van der Waals surface area (Å²) in [6.07, 6.45) is 8.31. The molecule has 2 unspecified atom stereocenters. The molecule has 2 atom stereocenters. The van der Waals surface area contributed by atoms with Crippen LogP contribution >= 0.6 is 0 Å². The van der Waals surface area contributed by atoms with E-state index in [1.807, 2.05) is 37.3 Å². The van der Waals surface area contributed by atoms with E-state index in [1.54, 1.807) is 0 Å². The molecule has 5 aliphatic rings. The van der Waals surface area contributed by atoms with Crippen molar-refractivity contribution < 1.29 is 9.90 Å². The lowest BCUT2D eigenvalue weighted by atomic mass is 9.75. The summed E-state index contributed by atoms with van der Waals surface area (Å²) in [5.74, 6) is 0.789. The van der Waals surface area contributed by atoms with Crippen LogP contribution in [0.25, 0.3) is 16.7 Å². The number of hydrogen-bond donors (Lipinski definition) is 0. The van der Waals surface area contributed by atoms with E-state index in [1.165, 1.54) is 25.7 Å². The normalized spacial score (nSPS) is 27.5. The summed E-state index contributed by atoms with van der Waals surface area (Å²) < 4.78 is 0. The Kier molecular flexibility index (Phi) is 4.04. The maximum absolute atomic E-state index is 13.3. The van der Waals surface area contributed by atoms with Crippen molar-refractivity contribution in [1.29, 1.82) is 0 Å². The third-order valence-corrected chi connectivity index (χ3v) is 6.86. The van der Waals surface area contributed by atoms with Gasteiger partial charge in [-0.2, -0.15) is 0 Å². The van der Waals surface area contributed by atoms with Crippen molar-refractivity contribution in [3.8, 4) is 11.1 Å². The van der Waals surface area contributed by atoms with E-state index < -0.39 is 0 Å². The second kappa shape index (κ2) is 6.48. The quantitative estimate of drug-likeness (QED) is 0.648. The van der Waals surface area contributed by atoms with Crippen molar-refractivity contribution in [1.82, 2.24) is 0 Å². The van der Waals surface area contributed by atoms with Crippen LogP contribution in [0.1, 0.15) is 50.2 Å². The van der Waals surface area contributed by atoms with Crippen LogP contribution in [0.3, 0.4) is 0 Å². The summed E-state index contributed by atoms with van der Waals surface area (Å²) in [7, 11) is 0. The Morgan fingerprint density at radius 1 is 0.964 bits per heavy atom. The number of allylic oxidation sites excluding steroid dienone is 5. The summed E-state index contributed by atoms with van der Waals surface area (Å²) in [4.78, 5) is 13.3. The van der Waals surface area contributed by atoms with Crippen LogP contribution in [-0.2, 0) is 4.79 Å². The number of ketones is 1. The summed E-state index contributed by atoms with van der Waals surface area (Å²) >= 11 is 0. The minimum absolute atomic E-state index is 0.0419. The molecule has 28 heavy (non-hydrogen) atoms. The van der Waals surface area contributed by atoms with Gasteiger partial charge in [0.1, 0.15) is 0 Å². The minimum Gasteiger partial charge on any atom is -0.871 e. The van der Waals surface area contributed by atoms with Gasteiger partial charge >= 0.3 is 0 Å². The number of Topliss-reactive ketones (excluding diaryl/α,β-unsaturated/α-hetero) is 1. The third-order valence-electron chi connectivity index (χ3n) is 6.86. The highest BCUT2D eigenvalue weighted by atomic mass is 16.3. The van der Waals surface area contributed by atoms with Crippen LogP contribution in [0.2, 0.25) is 0 Å². The van der Waals surface area contributed by atoms with Gasteiger partial charge in [-0.05, 0) is 66.4 Å².